The third-order valence-corrected chi connectivity index (χ3v) is 3.65. The van der Waals surface area contributed by atoms with Crippen LogP contribution in [0.2, 0.25) is 0 Å². The largest absolute Gasteiger partial charge is 0.466 e. The van der Waals surface area contributed by atoms with Gasteiger partial charge >= 0.3 is 11.9 Å². The highest BCUT2D eigenvalue weighted by atomic mass is 16.5. The van der Waals surface area contributed by atoms with Gasteiger partial charge in [-0.05, 0) is 53.2 Å². The minimum absolute atomic E-state index is 0.109. The molecule has 0 radical (unpaired) electrons. The zero-order valence-corrected chi connectivity index (χ0v) is 16.0. The summed E-state index contributed by atoms with van der Waals surface area (Å²) in [6.45, 7) is 5.61. The first-order valence-electron chi connectivity index (χ1n) is 9.10. The normalized spacial score (nSPS) is 11.1. The number of likely N-dealkylation sites (N-methyl/N-ethyl adjacent to an activating group) is 2. The minimum atomic E-state index is -0.125. The quantitative estimate of drug-likeness (QED) is 0.336. The van der Waals surface area contributed by atoms with Gasteiger partial charge in [0.05, 0.1) is 19.6 Å². The van der Waals surface area contributed by atoms with Crippen molar-refractivity contribution in [1.29, 1.82) is 0 Å². The van der Waals surface area contributed by atoms with Gasteiger partial charge in [-0.2, -0.15) is 0 Å². The van der Waals surface area contributed by atoms with E-state index < -0.39 is 0 Å². The van der Waals surface area contributed by atoms with Gasteiger partial charge in [0.25, 0.3) is 0 Å². The number of carbonyl (C=O) groups is 2. The van der Waals surface area contributed by atoms with Gasteiger partial charge in [0.1, 0.15) is 0 Å². The summed E-state index contributed by atoms with van der Waals surface area (Å²) < 4.78 is 10.3. The fourth-order valence-corrected chi connectivity index (χ4v) is 2.04. The first kappa shape index (κ1) is 22.9. The van der Waals surface area contributed by atoms with E-state index in [0.717, 1.165) is 51.7 Å². The van der Waals surface area contributed by atoms with Crippen molar-refractivity contribution in [1.82, 2.24) is 9.80 Å². The molecular weight excluding hydrogens is 308 g/mol. The zero-order chi connectivity index (χ0) is 18.2. The molecular formula is C18H36N2O4. The van der Waals surface area contributed by atoms with E-state index in [-0.39, 0.29) is 11.9 Å². The van der Waals surface area contributed by atoms with Gasteiger partial charge in [-0.25, -0.2) is 0 Å². The molecule has 0 N–H and O–H groups in total. The van der Waals surface area contributed by atoms with Crippen molar-refractivity contribution in [3.8, 4) is 0 Å². The van der Waals surface area contributed by atoms with E-state index in [9.17, 15) is 9.59 Å². The highest BCUT2D eigenvalue weighted by Crippen LogP contribution is 2.02. The predicted octanol–water partition coefficient (Wildman–Crippen LogP) is 2.32. The van der Waals surface area contributed by atoms with E-state index in [0.29, 0.717) is 26.1 Å². The Morgan fingerprint density at radius 3 is 1.79 bits per heavy atom. The van der Waals surface area contributed by atoms with Gasteiger partial charge in [0, 0.05) is 26.1 Å². The average Bonchev–Trinajstić information content (AvgIpc) is 2.53. The number of unbranched alkanes of at least 4 members (excludes halogenated alkanes) is 3. The van der Waals surface area contributed by atoms with Crippen molar-refractivity contribution in [3.05, 3.63) is 0 Å². The molecule has 0 amide bonds. The van der Waals surface area contributed by atoms with Crippen LogP contribution in [0.1, 0.15) is 51.9 Å². The van der Waals surface area contributed by atoms with Gasteiger partial charge in [-0.15, -0.1) is 0 Å². The number of ether oxygens (including phenoxy) is 2. The van der Waals surface area contributed by atoms with Crippen LogP contribution >= 0.6 is 0 Å². The van der Waals surface area contributed by atoms with Gasteiger partial charge in [-0.1, -0.05) is 6.92 Å². The lowest BCUT2D eigenvalue weighted by molar-refractivity contribution is -0.145. The number of esters is 2. The third kappa shape index (κ3) is 15.7. The molecule has 0 aromatic carbocycles. The smallest absolute Gasteiger partial charge is 0.307 e. The van der Waals surface area contributed by atoms with Crippen LogP contribution in [0.4, 0.5) is 0 Å². The highest BCUT2D eigenvalue weighted by molar-refractivity contribution is 5.69. The molecule has 24 heavy (non-hydrogen) atoms. The first-order chi connectivity index (χ1) is 11.5. The molecule has 0 spiro atoms. The fraction of sp³-hybridized carbons (Fsp3) is 0.889. The lowest BCUT2D eigenvalue weighted by Gasteiger charge is -2.18. The Morgan fingerprint density at radius 1 is 0.750 bits per heavy atom. The molecule has 0 atom stereocenters. The lowest BCUT2D eigenvalue weighted by atomic mass is 10.2. The number of nitrogens with zero attached hydrogens (tertiary/aromatic N) is 2. The summed E-state index contributed by atoms with van der Waals surface area (Å²) in [5.41, 5.74) is 0. The maximum atomic E-state index is 11.6. The van der Waals surface area contributed by atoms with E-state index in [2.05, 4.69) is 9.80 Å². The summed E-state index contributed by atoms with van der Waals surface area (Å²) in [5, 5.41) is 0. The molecule has 0 saturated carbocycles. The molecule has 142 valence electrons. The Labute approximate surface area is 147 Å². The van der Waals surface area contributed by atoms with Gasteiger partial charge in [0.2, 0.25) is 0 Å². The SMILES string of the molecule is CCCC(=O)OCCCCCCOC(=O)CCN(C)CCN(C)C. The second-order valence-electron chi connectivity index (χ2n) is 6.46. The molecule has 0 aromatic rings. The maximum Gasteiger partial charge on any atom is 0.307 e. The Morgan fingerprint density at radius 2 is 1.29 bits per heavy atom. The predicted molar refractivity (Wildman–Crippen MR) is 96.0 cm³/mol. The Kier molecular flexibility index (Phi) is 14.7. The van der Waals surface area contributed by atoms with Crippen molar-refractivity contribution in [3.63, 3.8) is 0 Å². The van der Waals surface area contributed by atoms with Gasteiger partial charge in [-0.3, -0.25) is 9.59 Å². The molecule has 0 saturated heterocycles. The minimum Gasteiger partial charge on any atom is -0.466 e. The molecule has 0 unspecified atom stereocenters. The Balaban J connectivity index is 3.38. The van der Waals surface area contributed by atoms with Gasteiger partial charge < -0.3 is 19.3 Å². The molecule has 0 fully saturated rings. The monoisotopic (exact) mass is 344 g/mol. The van der Waals surface area contributed by atoms with Crippen LogP contribution in [0, 0.1) is 0 Å². The number of hydrogen-bond acceptors (Lipinski definition) is 6. The van der Waals surface area contributed by atoms with Crippen LogP contribution in [0.3, 0.4) is 0 Å². The van der Waals surface area contributed by atoms with Crippen LogP contribution < -0.4 is 0 Å². The molecule has 0 heterocycles. The number of carbonyl (C=O) groups excluding carboxylic acids is 2. The van der Waals surface area contributed by atoms with Crippen LogP contribution in [0.25, 0.3) is 0 Å². The molecule has 0 aliphatic heterocycles. The van der Waals surface area contributed by atoms with Gasteiger partial charge in [0.15, 0.2) is 0 Å². The topological polar surface area (TPSA) is 59.1 Å². The Bertz CT molecular complexity index is 335. The van der Waals surface area contributed by atoms with Crippen LogP contribution in [-0.4, -0.2) is 75.7 Å². The second kappa shape index (κ2) is 15.4. The summed E-state index contributed by atoms with van der Waals surface area (Å²) in [4.78, 5) is 27.1. The van der Waals surface area contributed by atoms with Crippen molar-refractivity contribution in [2.75, 3.05) is 54.0 Å². The molecule has 0 aliphatic rings. The summed E-state index contributed by atoms with van der Waals surface area (Å²) in [7, 11) is 6.10. The van der Waals surface area contributed by atoms with Crippen molar-refractivity contribution < 1.29 is 19.1 Å². The zero-order valence-electron chi connectivity index (χ0n) is 16.0. The average molecular weight is 344 g/mol. The number of hydrogen-bond donors (Lipinski definition) is 0. The van der Waals surface area contributed by atoms with Crippen LogP contribution in [-0.2, 0) is 19.1 Å². The first-order valence-corrected chi connectivity index (χ1v) is 9.10. The molecule has 6 nitrogen and oxygen atoms in total. The van der Waals surface area contributed by atoms with Crippen molar-refractivity contribution in [2.24, 2.45) is 0 Å². The molecule has 0 bridgehead atoms. The number of rotatable bonds is 15. The summed E-state index contributed by atoms with van der Waals surface area (Å²) in [5.74, 6) is -0.234. The second-order valence-corrected chi connectivity index (χ2v) is 6.46. The third-order valence-electron chi connectivity index (χ3n) is 3.65. The molecule has 0 aliphatic carbocycles. The maximum absolute atomic E-state index is 11.6. The Hall–Kier alpha value is -1.14. The van der Waals surface area contributed by atoms with Crippen LogP contribution in [0.15, 0.2) is 0 Å². The molecule has 0 aromatic heterocycles. The van der Waals surface area contributed by atoms with E-state index >= 15 is 0 Å². The summed E-state index contributed by atoms with van der Waals surface area (Å²) in [6, 6.07) is 0. The van der Waals surface area contributed by atoms with Crippen LogP contribution in [0.5, 0.6) is 0 Å². The van der Waals surface area contributed by atoms with E-state index in [1.165, 1.54) is 0 Å². The van der Waals surface area contributed by atoms with Crippen molar-refractivity contribution in [2.45, 2.75) is 51.9 Å². The standard InChI is InChI=1S/C18H36N2O4/c1-5-10-17(21)23-15-8-6-7-9-16-24-18(22)11-12-20(4)14-13-19(2)3/h5-16H2,1-4H3. The highest BCUT2D eigenvalue weighted by Gasteiger charge is 2.06. The van der Waals surface area contributed by atoms with E-state index in [1.54, 1.807) is 0 Å². The molecule has 0 rings (SSSR count). The van der Waals surface area contributed by atoms with E-state index in [4.69, 9.17) is 9.47 Å². The molecule has 6 heteroatoms. The van der Waals surface area contributed by atoms with E-state index in [1.807, 2.05) is 28.1 Å². The fourth-order valence-electron chi connectivity index (χ4n) is 2.04. The summed E-state index contributed by atoms with van der Waals surface area (Å²) in [6.07, 6.45) is 5.49. The van der Waals surface area contributed by atoms with Crippen molar-refractivity contribution >= 4 is 11.9 Å². The lowest BCUT2D eigenvalue weighted by Crippen LogP contribution is -2.30. The summed E-state index contributed by atoms with van der Waals surface area (Å²) >= 11 is 0.